The van der Waals surface area contributed by atoms with E-state index in [1.165, 1.54) is 17.1 Å². The lowest BCUT2D eigenvalue weighted by atomic mass is 10.1. The monoisotopic (exact) mass is 441 g/mol. The summed E-state index contributed by atoms with van der Waals surface area (Å²) in [5.74, 6) is 0. The van der Waals surface area contributed by atoms with Crippen molar-refractivity contribution < 1.29 is 13.9 Å². The van der Waals surface area contributed by atoms with Crippen molar-refractivity contribution in [3.05, 3.63) is 51.1 Å². The number of carbonyl (C=O) groups is 1. The maximum atomic E-state index is 13.2. The number of alkyl carbamates (subject to hydrolysis) is 1. The highest BCUT2D eigenvalue weighted by atomic mass is 79.9. The van der Waals surface area contributed by atoms with Gasteiger partial charge < -0.3 is 10.1 Å². The summed E-state index contributed by atoms with van der Waals surface area (Å²) in [4.78, 5) is 28.3. The molecule has 0 fully saturated rings. The lowest BCUT2D eigenvalue weighted by molar-refractivity contribution is 0.145. The number of hydrogen-bond donors (Lipinski definition) is 1. The molecule has 0 atom stereocenters. The van der Waals surface area contributed by atoms with Gasteiger partial charge in [0.1, 0.15) is 17.5 Å². The van der Waals surface area contributed by atoms with Crippen LogP contribution in [-0.2, 0) is 11.3 Å². The average Bonchev–Trinajstić information content (AvgIpc) is 2.93. The van der Waals surface area contributed by atoms with E-state index in [2.05, 4.69) is 31.3 Å². The van der Waals surface area contributed by atoms with Crippen LogP contribution < -0.4 is 11.0 Å². The lowest BCUT2D eigenvalue weighted by Gasteiger charge is -2.20. The van der Waals surface area contributed by atoms with E-state index in [0.29, 0.717) is 16.6 Å². The first kappa shape index (κ1) is 20.8. The van der Waals surface area contributed by atoms with Gasteiger partial charge in [-0.3, -0.25) is 0 Å². The van der Waals surface area contributed by atoms with Gasteiger partial charge in [-0.2, -0.15) is 5.10 Å². The van der Waals surface area contributed by atoms with Crippen LogP contribution in [0.5, 0.6) is 0 Å². The molecule has 0 aliphatic carbocycles. The SMILES string of the molecule is Cc1cc(-n2cnn(C/C(=C\F)COC(=O)NC(C)(C)C)c2=O)cnc1Br. The molecule has 0 saturated carbocycles. The maximum Gasteiger partial charge on any atom is 0.407 e. The molecule has 1 amide bonds. The van der Waals surface area contributed by atoms with Crippen LogP contribution in [0.4, 0.5) is 9.18 Å². The molecule has 0 unspecified atom stereocenters. The zero-order valence-corrected chi connectivity index (χ0v) is 17.1. The van der Waals surface area contributed by atoms with E-state index < -0.39 is 17.3 Å². The fraction of sp³-hybridized carbons (Fsp3) is 0.412. The third-order valence-electron chi connectivity index (χ3n) is 3.38. The Balaban J connectivity index is 2.08. The molecule has 0 aliphatic heterocycles. The predicted molar refractivity (Wildman–Crippen MR) is 101 cm³/mol. The summed E-state index contributed by atoms with van der Waals surface area (Å²) < 4.78 is 21.2. The second-order valence-electron chi connectivity index (χ2n) is 6.96. The number of hydrogen-bond acceptors (Lipinski definition) is 5. The number of nitrogens with zero attached hydrogens (tertiary/aromatic N) is 4. The minimum Gasteiger partial charge on any atom is -0.445 e. The number of ether oxygens (including phenoxy) is 1. The van der Waals surface area contributed by atoms with Gasteiger partial charge in [-0.1, -0.05) is 0 Å². The Morgan fingerprint density at radius 3 is 2.74 bits per heavy atom. The molecule has 0 aromatic carbocycles. The Labute approximate surface area is 164 Å². The predicted octanol–water partition coefficient (Wildman–Crippen LogP) is 2.88. The van der Waals surface area contributed by atoms with Gasteiger partial charge in [-0.25, -0.2) is 28.2 Å². The van der Waals surface area contributed by atoms with Crippen molar-refractivity contribution in [2.24, 2.45) is 0 Å². The minimum atomic E-state index is -0.670. The van der Waals surface area contributed by atoms with Crippen LogP contribution in [0.2, 0.25) is 0 Å². The molecule has 0 saturated heterocycles. The summed E-state index contributed by atoms with van der Waals surface area (Å²) in [5, 5.41) is 6.58. The first-order valence-corrected chi connectivity index (χ1v) is 8.90. The first-order chi connectivity index (χ1) is 12.6. The number of aromatic nitrogens is 4. The molecule has 2 aromatic heterocycles. The van der Waals surface area contributed by atoms with Crippen LogP contribution in [0.25, 0.3) is 5.69 Å². The second kappa shape index (κ2) is 8.47. The van der Waals surface area contributed by atoms with Gasteiger partial charge in [0.2, 0.25) is 0 Å². The second-order valence-corrected chi connectivity index (χ2v) is 7.71. The van der Waals surface area contributed by atoms with Crippen molar-refractivity contribution in [3.8, 4) is 5.69 Å². The number of rotatable bonds is 5. The van der Waals surface area contributed by atoms with E-state index in [1.54, 1.807) is 26.8 Å². The van der Waals surface area contributed by atoms with E-state index in [4.69, 9.17) is 4.74 Å². The number of aryl methyl sites for hydroxylation is 1. The van der Waals surface area contributed by atoms with Crippen LogP contribution in [0.15, 0.2) is 39.9 Å². The largest absolute Gasteiger partial charge is 0.445 e. The molecule has 2 rings (SSSR count). The molecule has 8 nitrogen and oxygen atoms in total. The van der Waals surface area contributed by atoms with Gasteiger partial charge in [0.25, 0.3) is 0 Å². The van der Waals surface area contributed by atoms with Crippen molar-refractivity contribution in [2.45, 2.75) is 39.8 Å². The lowest BCUT2D eigenvalue weighted by Crippen LogP contribution is -2.41. The average molecular weight is 442 g/mol. The molecular weight excluding hydrogens is 421 g/mol. The highest BCUT2D eigenvalue weighted by molar-refractivity contribution is 9.10. The Morgan fingerprint density at radius 2 is 2.15 bits per heavy atom. The van der Waals surface area contributed by atoms with Gasteiger partial charge in [0.05, 0.1) is 24.8 Å². The van der Waals surface area contributed by atoms with Crippen LogP contribution in [0.3, 0.4) is 0 Å². The topological polar surface area (TPSA) is 91.0 Å². The van der Waals surface area contributed by atoms with E-state index >= 15 is 0 Å². The third kappa shape index (κ3) is 5.75. The fourth-order valence-electron chi connectivity index (χ4n) is 2.10. The number of carbonyl (C=O) groups excluding carboxylic acids is 1. The normalized spacial score (nSPS) is 12.1. The van der Waals surface area contributed by atoms with Crippen molar-refractivity contribution in [1.29, 1.82) is 0 Å². The summed E-state index contributed by atoms with van der Waals surface area (Å²) in [6.07, 6.45) is 2.49. The van der Waals surface area contributed by atoms with Gasteiger partial charge in [0.15, 0.2) is 0 Å². The smallest absolute Gasteiger partial charge is 0.407 e. The van der Waals surface area contributed by atoms with E-state index in [1.807, 2.05) is 6.92 Å². The van der Waals surface area contributed by atoms with Gasteiger partial charge >= 0.3 is 11.8 Å². The third-order valence-corrected chi connectivity index (χ3v) is 4.21. The molecular formula is C17H21BrFN5O3. The molecule has 27 heavy (non-hydrogen) atoms. The molecule has 1 N–H and O–H groups in total. The van der Waals surface area contributed by atoms with Gasteiger partial charge in [-0.15, -0.1) is 0 Å². The standard InChI is InChI=1S/C17H21BrFN5O3/c1-11-5-13(7-20-14(11)18)23-10-21-24(16(23)26)8-12(6-19)9-27-15(25)22-17(2,3)4/h5-7,10H,8-9H2,1-4H3,(H,22,25)/b12-6+. The van der Waals surface area contributed by atoms with Crippen LogP contribution in [-0.4, -0.2) is 37.6 Å². The van der Waals surface area contributed by atoms with Crippen LogP contribution in [0, 0.1) is 6.92 Å². The van der Waals surface area contributed by atoms with E-state index in [9.17, 15) is 14.0 Å². The molecule has 0 aliphatic rings. The molecule has 0 bridgehead atoms. The van der Waals surface area contributed by atoms with Crippen molar-refractivity contribution in [1.82, 2.24) is 24.6 Å². The zero-order chi connectivity index (χ0) is 20.2. The number of halogens is 2. The highest BCUT2D eigenvalue weighted by Gasteiger charge is 2.16. The van der Waals surface area contributed by atoms with Crippen LogP contribution in [0.1, 0.15) is 26.3 Å². The minimum absolute atomic E-state index is 0.0940. The van der Waals surface area contributed by atoms with E-state index in [-0.39, 0.29) is 18.7 Å². The molecule has 0 radical (unpaired) electrons. The molecule has 0 spiro atoms. The quantitative estimate of drug-likeness (QED) is 0.720. The fourth-order valence-corrected chi connectivity index (χ4v) is 2.32. The Bertz CT molecular complexity index is 914. The van der Waals surface area contributed by atoms with Crippen molar-refractivity contribution in [3.63, 3.8) is 0 Å². The summed E-state index contributed by atoms with van der Waals surface area (Å²) in [5.41, 5.74) is 0.560. The summed E-state index contributed by atoms with van der Waals surface area (Å²) in [6.45, 7) is 6.80. The van der Waals surface area contributed by atoms with Gasteiger partial charge in [0, 0.05) is 11.1 Å². The van der Waals surface area contributed by atoms with Crippen molar-refractivity contribution in [2.75, 3.05) is 6.61 Å². The Hall–Kier alpha value is -2.49. The van der Waals surface area contributed by atoms with Crippen molar-refractivity contribution >= 4 is 22.0 Å². The first-order valence-electron chi connectivity index (χ1n) is 8.11. The molecule has 10 heteroatoms. The van der Waals surface area contributed by atoms with E-state index in [0.717, 1.165) is 10.2 Å². The van der Waals surface area contributed by atoms with Crippen LogP contribution >= 0.6 is 15.9 Å². The highest BCUT2D eigenvalue weighted by Crippen LogP contribution is 2.15. The van der Waals surface area contributed by atoms with Gasteiger partial charge in [-0.05, 0) is 55.3 Å². The zero-order valence-electron chi connectivity index (χ0n) is 15.5. The number of amides is 1. The molecule has 146 valence electrons. The number of pyridine rings is 1. The molecule has 2 aromatic rings. The Morgan fingerprint density at radius 1 is 1.44 bits per heavy atom. The summed E-state index contributed by atoms with van der Waals surface area (Å²) >= 11 is 3.30. The maximum absolute atomic E-state index is 13.2. The summed E-state index contributed by atoms with van der Waals surface area (Å²) in [6, 6.07) is 1.77. The Kier molecular flexibility index (Phi) is 6.53. The molecule has 2 heterocycles. The number of nitrogens with one attached hydrogen (secondary N) is 1. The summed E-state index contributed by atoms with van der Waals surface area (Å²) in [7, 11) is 0.